The summed E-state index contributed by atoms with van der Waals surface area (Å²) >= 11 is 0. The summed E-state index contributed by atoms with van der Waals surface area (Å²) in [5.41, 5.74) is -0.299. The summed E-state index contributed by atoms with van der Waals surface area (Å²) in [7, 11) is 5.63. The van der Waals surface area contributed by atoms with Crippen LogP contribution >= 0.6 is 0 Å². The van der Waals surface area contributed by atoms with Crippen LogP contribution in [0.25, 0.3) is 0 Å². The molecule has 1 fully saturated rings. The van der Waals surface area contributed by atoms with E-state index in [4.69, 9.17) is 18.7 Å². The summed E-state index contributed by atoms with van der Waals surface area (Å²) in [4.78, 5) is 2.09. The molecule has 25 heavy (non-hydrogen) atoms. The van der Waals surface area contributed by atoms with E-state index in [0.717, 1.165) is 19.3 Å². The third-order valence-electron chi connectivity index (χ3n) is 5.67. The van der Waals surface area contributed by atoms with Crippen molar-refractivity contribution in [2.45, 2.75) is 50.0 Å². The zero-order valence-electron chi connectivity index (χ0n) is 15.2. The van der Waals surface area contributed by atoms with Crippen LogP contribution in [0.2, 0.25) is 0 Å². The van der Waals surface area contributed by atoms with Crippen molar-refractivity contribution in [2.24, 2.45) is 5.92 Å². The van der Waals surface area contributed by atoms with Crippen LogP contribution in [0.15, 0.2) is 16.4 Å². The van der Waals surface area contributed by atoms with Crippen molar-refractivity contribution < 1.29 is 23.8 Å². The second kappa shape index (κ2) is 6.00. The largest absolute Gasteiger partial charge is 0.498 e. The van der Waals surface area contributed by atoms with E-state index in [0.29, 0.717) is 29.6 Å². The van der Waals surface area contributed by atoms with Crippen LogP contribution in [-0.2, 0) is 9.47 Å². The number of aliphatic hydroxyl groups excluding tert-OH is 1. The van der Waals surface area contributed by atoms with Crippen LogP contribution in [-0.4, -0.2) is 54.7 Å². The molecule has 7 nitrogen and oxygen atoms in total. The topological polar surface area (TPSA) is 77.2 Å². The van der Waals surface area contributed by atoms with Crippen molar-refractivity contribution in [2.75, 3.05) is 27.8 Å². The predicted octanol–water partition coefficient (Wildman–Crippen LogP) is 2.19. The molecule has 138 valence electrons. The molecule has 0 radical (unpaired) electrons. The van der Waals surface area contributed by atoms with Gasteiger partial charge in [-0.2, -0.15) is 0 Å². The van der Waals surface area contributed by atoms with E-state index >= 15 is 0 Å². The molecule has 3 aliphatic rings. The molecule has 1 aromatic heterocycles. The van der Waals surface area contributed by atoms with E-state index in [1.54, 1.807) is 7.11 Å². The normalized spacial score (nSPS) is 35.5. The minimum atomic E-state index is -0.926. The summed E-state index contributed by atoms with van der Waals surface area (Å²) < 4.78 is 23.3. The first-order valence-corrected chi connectivity index (χ1v) is 8.95. The highest BCUT2D eigenvalue weighted by atomic mass is 16.6. The van der Waals surface area contributed by atoms with Gasteiger partial charge in [0.2, 0.25) is 0 Å². The highest BCUT2D eigenvalue weighted by Crippen LogP contribution is 2.63. The predicted molar refractivity (Wildman–Crippen MR) is 89.1 cm³/mol. The Balaban J connectivity index is 1.80. The van der Waals surface area contributed by atoms with Crippen LogP contribution in [0.4, 0.5) is 0 Å². The van der Waals surface area contributed by atoms with Crippen molar-refractivity contribution in [3.63, 3.8) is 0 Å². The molecule has 0 aromatic carbocycles. The lowest BCUT2D eigenvalue weighted by molar-refractivity contribution is -0.132. The molecule has 1 saturated heterocycles. The Kier molecular flexibility index (Phi) is 4.05. The fraction of sp³-hybridized carbons (Fsp3) is 0.722. The molecule has 1 unspecified atom stereocenters. The maximum absolute atomic E-state index is 11.3. The highest BCUT2D eigenvalue weighted by Gasteiger charge is 2.68. The lowest BCUT2D eigenvalue weighted by Gasteiger charge is -2.46. The maximum atomic E-state index is 11.3. The van der Waals surface area contributed by atoms with Gasteiger partial charge in [-0.05, 0) is 38.2 Å². The first-order valence-electron chi connectivity index (χ1n) is 8.95. The Morgan fingerprint density at radius 2 is 2.24 bits per heavy atom. The van der Waals surface area contributed by atoms with E-state index in [9.17, 15) is 5.11 Å². The van der Waals surface area contributed by atoms with Crippen LogP contribution in [0, 0.1) is 5.92 Å². The highest BCUT2D eigenvalue weighted by molar-refractivity contribution is 5.45. The molecule has 1 aromatic rings. The molecule has 0 saturated carbocycles. The molecule has 7 heteroatoms. The zero-order valence-corrected chi connectivity index (χ0v) is 15.2. The number of rotatable bonds is 6. The SMILES string of the molecule is CCCCOc1noc2c1C(O)[C@@]13O[C@@H](C=C1OC)C[C@H]3[C@@H]2N(C)C. The van der Waals surface area contributed by atoms with Crippen LogP contribution in [0.3, 0.4) is 0 Å². The summed E-state index contributed by atoms with van der Waals surface area (Å²) in [6.07, 6.45) is 3.77. The lowest BCUT2D eigenvalue weighted by Crippen LogP contribution is -2.51. The number of hydrogen-bond acceptors (Lipinski definition) is 7. The second-order valence-corrected chi connectivity index (χ2v) is 7.31. The quantitative estimate of drug-likeness (QED) is 0.788. The summed E-state index contributed by atoms with van der Waals surface area (Å²) in [6.45, 7) is 2.64. The third-order valence-corrected chi connectivity index (χ3v) is 5.67. The van der Waals surface area contributed by atoms with Gasteiger partial charge in [0, 0.05) is 5.92 Å². The minimum absolute atomic E-state index is 0.0337. The van der Waals surface area contributed by atoms with Gasteiger partial charge in [0.1, 0.15) is 11.9 Å². The second-order valence-electron chi connectivity index (χ2n) is 7.31. The van der Waals surface area contributed by atoms with Crippen molar-refractivity contribution in [3.05, 3.63) is 23.2 Å². The molecule has 3 heterocycles. The molecule has 2 bridgehead atoms. The number of aliphatic hydroxyl groups is 1. The smallest absolute Gasteiger partial charge is 0.260 e. The summed E-state index contributed by atoms with van der Waals surface area (Å²) in [5.74, 6) is 1.77. The molecule has 2 aliphatic heterocycles. The maximum Gasteiger partial charge on any atom is 0.260 e. The molecule has 1 N–H and O–H groups in total. The monoisotopic (exact) mass is 350 g/mol. The van der Waals surface area contributed by atoms with Crippen LogP contribution in [0.5, 0.6) is 5.88 Å². The number of methoxy groups -OCH3 is 1. The van der Waals surface area contributed by atoms with Gasteiger partial charge in [-0.3, -0.25) is 4.90 Å². The molecule has 0 amide bonds. The van der Waals surface area contributed by atoms with Gasteiger partial charge in [0.15, 0.2) is 11.4 Å². The van der Waals surface area contributed by atoms with Gasteiger partial charge in [-0.15, -0.1) is 0 Å². The van der Waals surface area contributed by atoms with Crippen molar-refractivity contribution >= 4 is 0 Å². The van der Waals surface area contributed by atoms with Gasteiger partial charge < -0.3 is 23.8 Å². The van der Waals surface area contributed by atoms with Crippen LogP contribution < -0.4 is 4.74 Å². The molecule has 1 aliphatic carbocycles. The molecular formula is C18H26N2O5. The fourth-order valence-corrected chi connectivity index (χ4v) is 4.61. The van der Waals surface area contributed by atoms with Gasteiger partial charge in [-0.25, -0.2) is 0 Å². The van der Waals surface area contributed by atoms with E-state index in [-0.39, 0.29) is 18.1 Å². The number of unbranched alkanes of at least 4 members (excludes halogenated alkanes) is 1. The average molecular weight is 350 g/mol. The molecular weight excluding hydrogens is 324 g/mol. The van der Waals surface area contributed by atoms with Gasteiger partial charge in [0.25, 0.3) is 5.88 Å². The van der Waals surface area contributed by atoms with Crippen molar-refractivity contribution in [1.82, 2.24) is 10.1 Å². The zero-order chi connectivity index (χ0) is 17.8. The molecule has 4 rings (SSSR count). The average Bonchev–Trinajstić information content (AvgIpc) is 3.26. The first kappa shape index (κ1) is 16.9. The Bertz CT molecular complexity index is 685. The number of fused-ring (bicyclic) bond motifs is 2. The van der Waals surface area contributed by atoms with E-state index in [2.05, 4.69) is 17.0 Å². The first-order chi connectivity index (χ1) is 12.0. The lowest BCUT2D eigenvalue weighted by atomic mass is 9.66. The fourth-order valence-electron chi connectivity index (χ4n) is 4.61. The van der Waals surface area contributed by atoms with E-state index in [1.807, 2.05) is 20.2 Å². The van der Waals surface area contributed by atoms with Gasteiger partial charge >= 0.3 is 0 Å². The molecule has 5 atom stereocenters. The van der Waals surface area contributed by atoms with E-state index < -0.39 is 11.7 Å². The van der Waals surface area contributed by atoms with Crippen molar-refractivity contribution in [3.8, 4) is 5.88 Å². The Hall–Kier alpha value is -1.57. The van der Waals surface area contributed by atoms with E-state index in [1.165, 1.54) is 0 Å². The third kappa shape index (κ3) is 2.19. The Morgan fingerprint density at radius 3 is 2.92 bits per heavy atom. The van der Waals surface area contributed by atoms with Crippen molar-refractivity contribution in [1.29, 1.82) is 0 Å². The van der Waals surface area contributed by atoms with Gasteiger partial charge in [-0.1, -0.05) is 13.3 Å². The Morgan fingerprint density at radius 1 is 1.44 bits per heavy atom. The number of hydrogen-bond donors (Lipinski definition) is 1. The van der Waals surface area contributed by atoms with Gasteiger partial charge in [0.05, 0.1) is 31.4 Å². The number of aromatic nitrogens is 1. The molecule has 1 spiro atoms. The standard InChI is InChI=1S/C18H26N2O5/c1-5-6-7-23-17-13-15(25-19-17)14(20(2)3)11-8-10-9-12(22-4)18(11,24-10)16(13)21/h9-11,14,16,21H,5-8H2,1-4H3/t10-,11+,14+,16?,18+/m1/s1. The number of nitrogens with zero attached hydrogens (tertiary/aromatic N) is 2. The van der Waals surface area contributed by atoms with Crippen LogP contribution in [0.1, 0.15) is 49.7 Å². The minimum Gasteiger partial charge on any atom is -0.498 e. The number of ether oxygens (including phenoxy) is 3. The summed E-state index contributed by atoms with van der Waals surface area (Å²) in [6, 6.07) is -0.0572. The summed E-state index contributed by atoms with van der Waals surface area (Å²) in [5, 5.41) is 15.4. The Labute approximate surface area is 147 Å².